The van der Waals surface area contributed by atoms with Crippen LogP contribution >= 0.6 is 0 Å². The van der Waals surface area contributed by atoms with Gasteiger partial charge in [-0.3, -0.25) is 15.0 Å². The van der Waals surface area contributed by atoms with Crippen molar-refractivity contribution in [1.29, 1.82) is 0 Å². The van der Waals surface area contributed by atoms with E-state index in [1.165, 1.54) is 4.83 Å². The summed E-state index contributed by atoms with van der Waals surface area (Å²) in [4.78, 5) is 23.1. The number of hydrogen-bond acceptors (Lipinski definition) is 4. The monoisotopic (exact) mass is 319 g/mol. The van der Waals surface area contributed by atoms with E-state index in [2.05, 4.69) is 5.32 Å². The summed E-state index contributed by atoms with van der Waals surface area (Å²) in [7, 11) is -4.53. The van der Waals surface area contributed by atoms with E-state index in [-0.39, 0.29) is 6.04 Å². The third-order valence-electron chi connectivity index (χ3n) is 2.60. The highest BCUT2D eigenvalue weighted by atomic mass is 32.2. The van der Waals surface area contributed by atoms with Gasteiger partial charge in [0.1, 0.15) is 16.5 Å². The van der Waals surface area contributed by atoms with Crippen molar-refractivity contribution in [3.8, 4) is 0 Å². The number of benzene rings is 1. The number of carbonyl (C=O) groups excluding carboxylic acids is 2. The van der Waals surface area contributed by atoms with Crippen LogP contribution in [-0.2, 0) is 19.6 Å². The van der Waals surface area contributed by atoms with E-state index < -0.39 is 38.4 Å². The predicted octanol–water partition coefficient (Wildman–Crippen LogP) is -0.447. The molecule has 21 heavy (non-hydrogen) atoms. The van der Waals surface area contributed by atoms with Gasteiger partial charge in [-0.2, -0.15) is 0 Å². The van der Waals surface area contributed by atoms with Crippen LogP contribution in [0.5, 0.6) is 0 Å². The van der Waals surface area contributed by atoms with Gasteiger partial charge in [0.2, 0.25) is 0 Å². The summed E-state index contributed by atoms with van der Waals surface area (Å²) in [6.45, 7) is 0. The third-order valence-corrected chi connectivity index (χ3v) is 3.86. The molecule has 0 radical (unpaired) electrons. The van der Waals surface area contributed by atoms with Gasteiger partial charge in [-0.1, -0.05) is 0 Å². The summed E-state index contributed by atoms with van der Waals surface area (Å²) in [5, 5.41) is 2.33. The molecule has 1 fully saturated rings. The first-order valence-electron chi connectivity index (χ1n) is 5.87. The standard InChI is InChI=1S/C11H11F2N3O4S/c12-6-1-4-8(13)9(5-6)21(19,20)16-15-11(18)10(17)14-7-2-3-7/h1,4-5,7,16H,2-3H2,(H,14,17)(H,15,18). The summed E-state index contributed by atoms with van der Waals surface area (Å²) in [5.74, 6) is -4.42. The molecule has 1 aromatic rings. The second-order valence-electron chi connectivity index (χ2n) is 4.38. The molecule has 1 aliphatic carbocycles. The zero-order valence-corrected chi connectivity index (χ0v) is 11.3. The van der Waals surface area contributed by atoms with Gasteiger partial charge >= 0.3 is 11.8 Å². The molecule has 2 amide bonds. The fourth-order valence-electron chi connectivity index (χ4n) is 1.39. The van der Waals surface area contributed by atoms with Gasteiger partial charge in [0.25, 0.3) is 10.0 Å². The lowest BCUT2D eigenvalue weighted by atomic mass is 10.3. The molecule has 10 heteroatoms. The van der Waals surface area contributed by atoms with E-state index in [0.717, 1.165) is 18.9 Å². The lowest BCUT2D eigenvalue weighted by Gasteiger charge is -2.09. The highest BCUT2D eigenvalue weighted by molar-refractivity contribution is 7.89. The normalized spacial score (nSPS) is 14.6. The molecule has 7 nitrogen and oxygen atoms in total. The number of amides is 2. The molecule has 0 bridgehead atoms. The molecule has 0 spiro atoms. The van der Waals surface area contributed by atoms with Crippen LogP contribution in [-0.4, -0.2) is 26.3 Å². The lowest BCUT2D eigenvalue weighted by Crippen LogP contribution is -2.49. The first kappa shape index (κ1) is 15.3. The molecule has 1 aromatic carbocycles. The van der Waals surface area contributed by atoms with Gasteiger partial charge < -0.3 is 5.32 Å². The average Bonchev–Trinajstić information content (AvgIpc) is 3.22. The predicted molar refractivity (Wildman–Crippen MR) is 66.0 cm³/mol. The second kappa shape index (κ2) is 5.74. The number of rotatable bonds is 4. The van der Waals surface area contributed by atoms with Crippen LogP contribution in [0.2, 0.25) is 0 Å². The minimum atomic E-state index is -4.53. The van der Waals surface area contributed by atoms with Gasteiger partial charge in [0, 0.05) is 6.04 Å². The topological polar surface area (TPSA) is 104 Å². The van der Waals surface area contributed by atoms with Gasteiger partial charge in [-0.15, -0.1) is 4.83 Å². The van der Waals surface area contributed by atoms with Crippen molar-refractivity contribution >= 4 is 21.8 Å². The van der Waals surface area contributed by atoms with Gasteiger partial charge in [-0.25, -0.2) is 17.2 Å². The van der Waals surface area contributed by atoms with Crippen molar-refractivity contribution in [1.82, 2.24) is 15.6 Å². The summed E-state index contributed by atoms with van der Waals surface area (Å²) < 4.78 is 49.7. The molecule has 2 rings (SSSR count). The summed E-state index contributed by atoms with van der Waals surface area (Å²) in [5.41, 5.74) is 1.62. The Bertz CT molecular complexity index is 689. The molecular formula is C11H11F2N3O4S. The largest absolute Gasteiger partial charge is 0.345 e. The minimum Gasteiger partial charge on any atom is -0.345 e. The van der Waals surface area contributed by atoms with E-state index in [0.29, 0.717) is 12.1 Å². The first-order valence-corrected chi connectivity index (χ1v) is 7.35. The van der Waals surface area contributed by atoms with Crippen molar-refractivity contribution in [2.45, 2.75) is 23.8 Å². The number of hydrazine groups is 1. The number of hydrogen-bond donors (Lipinski definition) is 3. The average molecular weight is 319 g/mol. The van der Waals surface area contributed by atoms with Crippen molar-refractivity contribution < 1.29 is 26.8 Å². The Morgan fingerprint density at radius 2 is 1.81 bits per heavy atom. The second-order valence-corrected chi connectivity index (χ2v) is 6.03. The van der Waals surface area contributed by atoms with Crippen LogP contribution in [0.1, 0.15) is 12.8 Å². The zero-order chi connectivity index (χ0) is 15.6. The minimum absolute atomic E-state index is 0.0829. The maximum Gasteiger partial charge on any atom is 0.324 e. The Hall–Kier alpha value is -2.07. The Morgan fingerprint density at radius 3 is 2.43 bits per heavy atom. The molecule has 0 heterocycles. The number of nitrogens with one attached hydrogen (secondary N) is 3. The van der Waals surface area contributed by atoms with E-state index in [1.54, 1.807) is 5.43 Å². The summed E-state index contributed by atoms with van der Waals surface area (Å²) in [6.07, 6.45) is 1.50. The number of sulfonamides is 1. The van der Waals surface area contributed by atoms with Crippen molar-refractivity contribution in [3.63, 3.8) is 0 Å². The van der Waals surface area contributed by atoms with Gasteiger partial charge in [0.15, 0.2) is 0 Å². The molecule has 1 aliphatic rings. The Balaban J connectivity index is 2.02. The maximum absolute atomic E-state index is 13.4. The third kappa shape index (κ3) is 3.95. The van der Waals surface area contributed by atoms with E-state index in [9.17, 15) is 26.8 Å². The smallest absolute Gasteiger partial charge is 0.324 e. The van der Waals surface area contributed by atoms with Crippen LogP contribution in [0.25, 0.3) is 0 Å². The summed E-state index contributed by atoms with van der Waals surface area (Å²) in [6, 6.07) is 1.75. The number of halogens is 2. The van der Waals surface area contributed by atoms with E-state index >= 15 is 0 Å². The highest BCUT2D eigenvalue weighted by Crippen LogP contribution is 2.18. The molecule has 0 atom stereocenters. The molecule has 3 N–H and O–H groups in total. The van der Waals surface area contributed by atoms with E-state index in [4.69, 9.17) is 0 Å². The molecule has 114 valence electrons. The van der Waals surface area contributed by atoms with Crippen LogP contribution < -0.4 is 15.6 Å². The van der Waals surface area contributed by atoms with Crippen LogP contribution in [0.15, 0.2) is 23.1 Å². The van der Waals surface area contributed by atoms with Crippen LogP contribution in [0.3, 0.4) is 0 Å². The summed E-state index contributed by atoms with van der Waals surface area (Å²) >= 11 is 0. The number of carbonyl (C=O) groups is 2. The first-order chi connectivity index (χ1) is 9.79. The van der Waals surface area contributed by atoms with Crippen molar-refractivity contribution in [2.75, 3.05) is 0 Å². The maximum atomic E-state index is 13.4. The molecular weight excluding hydrogens is 308 g/mol. The highest BCUT2D eigenvalue weighted by Gasteiger charge is 2.27. The van der Waals surface area contributed by atoms with E-state index in [1.807, 2.05) is 0 Å². The Morgan fingerprint density at radius 1 is 1.14 bits per heavy atom. The molecule has 0 saturated heterocycles. The lowest BCUT2D eigenvalue weighted by molar-refractivity contribution is -0.139. The van der Waals surface area contributed by atoms with Gasteiger partial charge in [-0.05, 0) is 31.0 Å². The Labute approximate surface area is 118 Å². The zero-order valence-electron chi connectivity index (χ0n) is 10.5. The SMILES string of the molecule is O=C(NNS(=O)(=O)c1cc(F)ccc1F)C(=O)NC1CC1. The fraction of sp³-hybridized carbons (Fsp3) is 0.273. The van der Waals surface area contributed by atoms with Crippen molar-refractivity contribution in [2.24, 2.45) is 0 Å². The molecule has 0 aromatic heterocycles. The quantitative estimate of drug-likeness (QED) is 0.516. The van der Waals surface area contributed by atoms with Gasteiger partial charge in [0.05, 0.1) is 0 Å². The molecule has 1 saturated carbocycles. The van der Waals surface area contributed by atoms with Crippen LogP contribution in [0.4, 0.5) is 8.78 Å². The Kier molecular flexibility index (Phi) is 4.19. The van der Waals surface area contributed by atoms with Crippen LogP contribution in [0, 0.1) is 11.6 Å². The molecule has 0 aliphatic heterocycles. The fourth-order valence-corrected chi connectivity index (χ4v) is 2.32. The van der Waals surface area contributed by atoms with Crippen molar-refractivity contribution in [3.05, 3.63) is 29.8 Å². The molecule has 0 unspecified atom stereocenters.